The predicted molar refractivity (Wildman–Crippen MR) is 71.5 cm³/mol. The lowest BCUT2D eigenvalue weighted by Crippen LogP contribution is -2.24. The number of rotatable bonds is 3. The predicted octanol–water partition coefficient (Wildman–Crippen LogP) is 3.92. The van der Waals surface area contributed by atoms with Crippen molar-refractivity contribution in [1.29, 1.82) is 0 Å². The van der Waals surface area contributed by atoms with Crippen LogP contribution >= 0.6 is 0 Å². The monoisotopic (exact) mass is 292 g/mol. The van der Waals surface area contributed by atoms with E-state index in [0.29, 0.717) is 31.9 Å². The topological polar surface area (TPSA) is 27.1 Å². The van der Waals surface area contributed by atoms with Crippen LogP contribution in [0.3, 0.4) is 0 Å². The molecule has 1 saturated heterocycles. The number of hydrogen-bond donors (Lipinski definition) is 0. The molecule has 1 fully saturated rings. The average Bonchev–Trinajstić information content (AvgIpc) is 2.85. The number of aromatic nitrogens is 2. The fraction of sp³-hybridized carbons (Fsp3) is 0.786. The molecule has 0 aromatic carbocycles. The van der Waals surface area contributed by atoms with Crippen molar-refractivity contribution in [3.63, 3.8) is 0 Å². The van der Waals surface area contributed by atoms with E-state index >= 15 is 0 Å². The van der Waals surface area contributed by atoms with Gasteiger partial charge in [-0.2, -0.15) is 18.3 Å². The Hall–Kier alpha value is -1.04. The van der Waals surface area contributed by atoms with Gasteiger partial charge in [-0.3, -0.25) is 4.68 Å². The number of aryl methyl sites for hydroxylation is 1. The third kappa shape index (κ3) is 4.51. The highest BCUT2D eigenvalue weighted by Gasteiger charge is 2.36. The normalized spacial score (nSPS) is 16.7. The molecule has 0 radical (unpaired) electrons. The second-order valence-corrected chi connectivity index (χ2v) is 4.61. The fourth-order valence-electron chi connectivity index (χ4n) is 2.18. The quantitative estimate of drug-likeness (QED) is 0.844. The molecular weight excluding hydrogens is 269 g/mol. The van der Waals surface area contributed by atoms with Crippen LogP contribution in [0.15, 0.2) is 6.07 Å². The number of ether oxygens (including phenoxy) is 1. The highest BCUT2D eigenvalue weighted by molar-refractivity contribution is 5.13. The van der Waals surface area contributed by atoms with Crippen molar-refractivity contribution in [3.8, 4) is 0 Å². The summed E-state index contributed by atoms with van der Waals surface area (Å²) in [7, 11) is 0. The Labute approximate surface area is 118 Å². The second kappa shape index (κ2) is 7.67. The smallest absolute Gasteiger partial charge is 0.381 e. The molecule has 0 aliphatic carbocycles. The van der Waals surface area contributed by atoms with Crippen molar-refractivity contribution in [2.75, 3.05) is 13.2 Å². The largest absolute Gasteiger partial charge is 0.433 e. The maximum Gasteiger partial charge on any atom is 0.433 e. The van der Waals surface area contributed by atoms with E-state index in [2.05, 4.69) is 5.10 Å². The summed E-state index contributed by atoms with van der Waals surface area (Å²) in [5, 5.41) is 4.05. The van der Waals surface area contributed by atoms with Crippen molar-refractivity contribution in [3.05, 3.63) is 17.5 Å². The van der Waals surface area contributed by atoms with Gasteiger partial charge in [0.15, 0.2) is 0 Å². The van der Waals surface area contributed by atoms with Crippen molar-refractivity contribution in [2.45, 2.75) is 52.8 Å². The number of halogens is 3. The van der Waals surface area contributed by atoms with Gasteiger partial charge in [0.1, 0.15) is 5.69 Å². The van der Waals surface area contributed by atoms with E-state index in [-0.39, 0.29) is 5.92 Å². The Morgan fingerprint density at radius 3 is 2.40 bits per heavy atom. The van der Waals surface area contributed by atoms with Crippen LogP contribution in [-0.2, 0) is 23.9 Å². The Morgan fingerprint density at radius 2 is 1.90 bits per heavy atom. The van der Waals surface area contributed by atoms with Gasteiger partial charge < -0.3 is 4.74 Å². The molecular formula is C14H23F3N2O. The summed E-state index contributed by atoms with van der Waals surface area (Å²) in [5.74, 6) is 0.226. The first kappa shape index (κ1) is 17.0. The van der Waals surface area contributed by atoms with Crippen molar-refractivity contribution in [1.82, 2.24) is 9.78 Å². The van der Waals surface area contributed by atoms with E-state index in [4.69, 9.17) is 4.74 Å². The summed E-state index contributed by atoms with van der Waals surface area (Å²) in [6, 6.07) is 1.15. The third-order valence-corrected chi connectivity index (χ3v) is 3.26. The summed E-state index contributed by atoms with van der Waals surface area (Å²) < 4.78 is 44.9. The van der Waals surface area contributed by atoms with Gasteiger partial charge in [0.05, 0.1) is 5.69 Å². The van der Waals surface area contributed by atoms with Crippen LogP contribution in [0.2, 0.25) is 0 Å². The van der Waals surface area contributed by atoms with Crippen molar-refractivity contribution >= 4 is 0 Å². The minimum atomic E-state index is -4.33. The summed E-state index contributed by atoms with van der Waals surface area (Å²) >= 11 is 0. The van der Waals surface area contributed by atoms with E-state index in [1.807, 2.05) is 13.8 Å². The van der Waals surface area contributed by atoms with Gasteiger partial charge >= 0.3 is 6.18 Å². The molecule has 1 aliphatic rings. The summed E-state index contributed by atoms with van der Waals surface area (Å²) in [6.07, 6.45) is -2.20. The minimum absolute atomic E-state index is 0.226. The van der Waals surface area contributed by atoms with E-state index in [1.54, 1.807) is 6.92 Å². The molecule has 2 rings (SSSR count). The van der Waals surface area contributed by atoms with Gasteiger partial charge in [-0.05, 0) is 31.2 Å². The molecule has 0 spiro atoms. The van der Waals surface area contributed by atoms with Crippen LogP contribution in [-0.4, -0.2) is 23.0 Å². The molecule has 3 nitrogen and oxygen atoms in total. The lowest BCUT2D eigenvalue weighted by molar-refractivity contribution is -0.144. The van der Waals surface area contributed by atoms with Crippen molar-refractivity contribution < 1.29 is 17.9 Å². The van der Waals surface area contributed by atoms with Gasteiger partial charge in [0.2, 0.25) is 0 Å². The molecule has 20 heavy (non-hydrogen) atoms. The molecule has 0 N–H and O–H groups in total. The maximum absolute atomic E-state index is 12.9. The number of nitrogens with zero attached hydrogens (tertiary/aromatic N) is 2. The fourth-order valence-corrected chi connectivity index (χ4v) is 2.18. The van der Waals surface area contributed by atoms with Crippen LogP contribution in [0.4, 0.5) is 13.2 Å². The molecule has 0 unspecified atom stereocenters. The summed E-state index contributed by atoms with van der Waals surface area (Å²) in [4.78, 5) is 0. The molecule has 0 bridgehead atoms. The molecule has 116 valence electrons. The Kier molecular flexibility index (Phi) is 6.52. The number of alkyl halides is 3. The first-order chi connectivity index (χ1) is 9.50. The van der Waals surface area contributed by atoms with E-state index in [0.717, 1.165) is 23.6 Å². The molecule has 0 saturated carbocycles. The zero-order valence-electron chi connectivity index (χ0n) is 12.3. The average molecular weight is 292 g/mol. The zero-order chi connectivity index (χ0) is 15.2. The van der Waals surface area contributed by atoms with Crippen LogP contribution < -0.4 is 0 Å². The SMILES string of the molecule is CC.CCc1cc(C(F)(F)F)n(CC2CCOCC2)n1. The molecule has 0 atom stereocenters. The lowest BCUT2D eigenvalue weighted by atomic mass is 10.0. The number of hydrogen-bond acceptors (Lipinski definition) is 2. The van der Waals surface area contributed by atoms with E-state index in [9.17, 15) is 13.2 Å². The molecule has 6 heteroatoms. The highest BCUT2D eigenvalue weighted by atomic mass is 19.4. The molecule has 0 amide bonds. The van der Waals surface area contributed by atoms with E-state index < -0.39 is 11.9 Å². The van der Waals surface area contributed by atoms with Crippen LogP contribution in [0.1, 0.15) is 45.0 Å². The first-order valence-corrected chi connectivity index (χ1v) is 7.22. The van der Waals surface area contributed by atoms with E-state index in [1.165, 1.54) is 0 Å². The maximum atomic E-state index is 12.9. The van der Waals surface area contributed by atoms with Crippen LogP contribution in [0, 0.1) is 5.92 Å². The Morgan fingerprint density at radius 1 is 1.30 bits per heavy atom. The molecule has 2 heterocycles. The highest BCUT2D eigenvalue weighted by Crippen LogP contribution is 2.31. The van der Waals surface area contributed by atoms with Crippen molar-refractivity contribution in [2.24, 2.45) is 5.92 Å². The molecule has 1 aromatic heterocycles. The standard InChI is InChI=1S/C12H17F3N2O.C2H6/c1-2-10-7-11(12(13,14)15)17(16-10)8-9-3-5-18-6-4-9;1-2/h7,9H,2-6,8H2,1H3;1-2H3. The summed E-state index contributed by atoms with van der Waals surface area (Å²) in [5.41, 5.74) is -0.139. The van der Waals surface area contributed by atoms with Crippen LogP contribution in [0.25, 0.3) is 0 Å². The minimum Gasteiger partial charge on any atom is -0.381 e. The van der Waals surface area contributed by atoms with Gasteiger partial charge in [-0.25, -0.2) is 0 Å². The third-order valence-electron chi connectivity index (χ3n) is 3.26. The lowest BCUT2D eigenvalue weighted by Gasteiger charge is -2.23. The zero-order valence-corrected chi connectivity index (χ0v) is 12.3. The molecule has 1 aromatic rings. The van der Waals surface area contributed by atoms with Gasteiger partial charge in [0, 0.05) is 19.8 Å². The van der Waals surface area contributed by atoms with Gasteiger partial charge in [-0.15, -0.1) is 0 Å². The second-order valence-electron chi connectivity index (χ2n) is 4.61. The Bertz CT molecular complexity index is 396. The molecule has 1 aliphatic heterocycles. The van der Waals surface area contributed by atoms with Gasteiger partial charge in [0.25, 0.3) is 0 Å². The first-order valence-electron chi connectivity index (χ1n) is 7.22. The van der Waals surface area contributed by atoms with Gasteiger partial charge in [-0.1, -0.05) is 20.8 Å². The summed E-state index contributed by atoms with van der Waals surface area (Å²) in [6.45, 7) is 7.40. The van der Waals surface area contributed by atoms with Crippen LogP contribution in [0.5, 0.6) is 0 Å². The Balaban J connectivity index is 0.000000956.